The molecule has 2 aliphatic rings. The van der Waals surface area contributed by atoms with Crippen LogP contribution in [0, 0.1) is 5.92 Å². The summed E-state index contributed by atoms with van der Waals surface area (Å²) in [4.78, 5) is 40.4. The van der Waals surface area contributed by atoms with E-state index < -0.39 is 6.04 Å². The fourth-order valence-electron chi connectivity index (χ4n) is 4.74. The molecule has 0 bridgehead atoms. The van der Waals surface area contributed by atoms with Crippen molar-refractivity contribution in [2.45, 2.75) is 44.2 Å². The summed E-state index contributed by atoms with van der Waals surface area (Å²) in [5.74, 6) is -0.320. The van der Waals surface area contributed by atoms with Crippen LogP contribution in [0.15, 0.2) is 59.1 Å². The van der Waals surface area contributed by atoms with E-state index in [-0.39, 0.29) is 30.3 Å². The Labute approximate surface area is 190 Å². The molecule has 2 N–H and O–H groups in total. The number of carbonyl (C=O) groups is 3. The van der Waals surface area contributed by atoms with E-state index in [1.165, 1.54) is 0 Å². The third kappa shape index (κ3) is 4.98. The number of likely N-dealkylation sites (tertiary alicyclic amines) is 1. The van der Waals surface area contributed by atoms with Crippen LogP contribution in [-0.2, 0) is 9.59 Å². The highest BCUT2D eigenvalue weighted by atomic mass is 79.9. The number of benzene rings is 2. The number of nitrogens with zero attached hydrogens (tertiary/aromatic N) is 1. The van der Waals surface area contributed by atoms with E-state index in [1.54, 1.807) is 29.2 Å². The molecule has 7 heteroatoms. The lowest BCUT2D eigenvalue weighted by atomic mass is 9.84. The Bertz CT molecular complexity index is 948. The molecule has 162 valence electrons. The second-order valence-electron chi connectivity index (χ2n) is 8.21. The van der Waals surface area contributed by atoms with Crippen LogP contribution in [0.4, 0.5) is 5.69 Å². The van der Waals surface area contributed by atoms with Crippen molar-refractivity contribution < 1.29 is 14.4 Å². The Kier molecular flexibility index (Phi) is 6.70. The van der Waals surface area contributed by atoms with Crippen LogP contribution in [0.5, 0.6) is 0 Å². The summed E-state index contributed by atoms with van der Waals surface area (Å²) in [6, 6.07) is 15.9. The van der Waals surface area contributed by atoms with Crippen LogP contribution in [0.2, 0.25) is 0 Å². The molecule has 1 saturated heterocycles. The molecule has 1 heterocycles. The molecule has 31 heavy (non-hydrogen) atoms. The van der Waals surface area contributed by atoms with Crippen molar-refractivity contribution in [2.75, 3.05) is 11.9 Å². The van der Waals surface area contributed by atoms with Gasteiger partial charge in [0.2, 0.25) is 11.8 Å². The number of anilines is 1. The maximum atomic E-state index is 13.3. The van der Waals surface area contributed by atoms with Crippen molar-refractivity contribution in [3.8, 4) is 0 Å². The minimum Gasteiger partial charge on any atom is -0.345 e. The van der Waals surface area contributed by atoms with Gasteiger partial charge in [0.05, 0.1) is 6.54 Å². The van der Waals surface area contributed by atoms with E-state index in [2.05, 4.69) is 26.6 Å². The molecular formula is C24H26BrN3O3. The summed E-state index contributed by atoms with van der Waals surface area (Å²) < 4.78 is 0.921. The molecule has 2 aromatic rings. The number of amides is 3. The van der Waals surface area contributed by atoms with Gasteiger partial charge in [-0.05, 0) is 61.6 Å². The number of halogens is 1. The number of carbonyl (C=O) groups excluding carboxylic acids is 3. The highest BCUT2D eigenvalue weighted by Crippen LogP contribution is 2.40. The molecule has 0 radical (unpaired) electrons. The third-order valence-electron chi connectivity index (χ3n) is 6.20. The SMILES string of the molecule is O=C(CNC(=O)C1CC2CCCCC2N1C(=O)c1ccccc1)Nc1ccc(Br)cc1. The summed E-state index contributed by atoms with van der Waals surface area (Å²) in [7, 11) is 0. The summed E-state index contributed by atoms with van der Waals surface area (Å²) in [6.07, 6.45) is 4.83. The molecular weight excluding hydrogens is 458 g/mol. The zero-order valence-corrected chi connectivity index (χ0v) is 18.8. The van der Waals surface area contributed by atoms with Gasteiger partial charge in [0.1, 0.15) is 6.04 Å². The first kappa shape index (κ1) is 21.6. The summed E-state index contributed by atoms with van der Waals surface area (Å²) in [5.41, 5.74) is 1.26. The van der Waals surface area contributed by atoms with Crippen LogP contribution in [0.3, 0.4) is 0 Å². The van der Waals surface area contributed by atoms with Crippen molar-refractivity contribution in [3.05, 3.63) is 64.6 Å². The van der Waals surface area contributed by atoms with E-state index in [0.717, 1.165) is 30.2 Å². The third-order valence-corrected chi connectivity index (χ3v) is 6.73. The Hall–Kier alpha value is -2.67. The first-order valence-corrected chi connectivity index (χ1v) is 11.5. The number of nitrogens with one attached hydrogen (secondary N) is 2. The van der Waals surface area contributed by atoms with Gasteiger partial charge in [-0.25, -0.2) is 0 Å². The smallest absolute Gasteiger partial charge is 0.254 e. The number of rotatable bonds is 5. The Balaban J connectivity index is 1.43. The average molecular weight is 484 g/mol. The number of hydrogen-bond donors (Lipinski definition) is 2. The topological polar surface area (TPSA) is 78.5 Å². The Morgan fingerprint density at radius 3 is 2.42 bits per heavy atom. The van der Waals surface area contributed by atoms with Crippen molar-refractivity contribution in [2.24, 2.45) is 5.92 Å². The molecule has 0 aromatic heterocycles. The van der Waals surface area contributed by atoms with Gasteiger partial charge in [-0.2, -0.15) is 0 Å². The predicted octanol–water partition coefficient (Wildman–Crippen LogP) is 3.98. The average Bonchev–Trinajstić information content (AvgIpc) is 3.19. The molecule has 2 aromatic carbocycles. The minimum atomic E-state index is -0.540. The molecule has 3 unspecified atom stereocenters. The lowest BCUT2D eigenvalue weighted by Gasteiger charge is -2.33. The second kappa shape index (κ2) is 9.64. The fourth-order valence-corrected chi connectivity index (χ4v) is 5.00. The van der Waals surface area contributed by atoms with Gasteiger partial charge in [0.15, 0.2) is 0 Å². The standard InChI is InChI=1S/C24H26BrN3O3/c25-18-10-12-19(13-11-18)27-22(29)15-26-23(30)21-14-17-8-4-5-9-20(17)28(21)24(31)16-6-2-1-3-7-16/h1-3,6-7,10-13,17,20-21H,4-5,8-9,14-15H2,(H,26,30)(H,27,29). The minimum absolute atomic E-state index is 0.0915. The highest BCUT2D eigenvalue weighted by molar-refractivity contribution is 9.10. The molecule has 3 amide bonds. The molecule has 4 rings (SSSR count). The Morgan fingerprint density at radius 1 is 0.968 bits per heavy atom. The maximum Gasteiger partial charge on any atom is 0.254 e. The molecule has 2 fully saturated rings. The number of hydrogen-bond acceptors (Lipinski definition) is 3. The molecule has 6 nitrogen and oxygen atoms in total. The van der Waals surface area contributed by atoms with Crippen LogP contribution in [0.1, 0.15) is 42.5 Å². The first-order valence-electron chi connectivity index (χ1n) is 10.7. The van der Waals surface area contributed by atoms with E-state index in [9.17, 15) is 14.4 Å². The van der Waals surface area contributed by atoms with Gasteiger partial charge in [-0.15, -0.1) is 0 Å². The molecule has 1 saturated carbocycles. The summed E-state index contributed by atoms with van der Waals surface area (Å²) in [5, 5.41) is 5.52. The number of fused-ring (bicyclic) bond motifs is 1. The quantitative estimate of drug-likeness (QED) is 0.674. The largest absolute Gasteiger partial charge is 0.345 e. The van der Waals surface area contributed by atoms with E-state index in [4.69, 9.17) is 0 Å². The summed E-state index contributed by atoms with van der Waals surface area (Å²) in [6.45, 7) is -0.131. The van der Waals surface area contributed by atoms with Crippen LogP contribution in [0.25, 0.3) is 0 Å². The van der Waals surface area contributed by atoms with Gasteiger partial charge < -0.3 is 15.5 Å². The molecule has 3 atom stereocenters. The van der Waals surface area contributed by atoms with E-state index in [0.29, 0.717) is 23.6 Å². The van der Waals surface area contributed by atoms with E-state index in [1.807, 2.05) is 30.3 Å². The van der Waals surface area contributed by atoms with Crippen molar-refractivity contribution in [1.82, 2.24) is 10.2 Å². The Morgan fingerprint density at radius 2 is 1.68 bits per heavy atom. The van der Waals surface area contributed by atoms with Crippen molar-refractivity contribution in [3.63, 3.8) is 0 Å². The highest BCUT2D eigenvalue weighted by Gasteiger charge is 2.47. The van der Waals surface area contributed by atoms with Crippen LogP contribution >= 0.6 is 15.9 Å². The lowest BCUT2D eigenvalue weighted by molar-refractivity contribution is -0.127. The normalized spacial score (nSPS) is 22.5. The second-order valence-corrected chi connectivity index (χ2v) is 9.13. The lowest BCUT2D eigenvalue weighted by Crippen LogP contribution is -2.50. The summed E-state index contributed by atoms with van der Waals surface area (Å²) >= 11 is 3.36. The first-order chi connectivity index (χ1) is 15.0. The molecule has 1 aliphatic heterocycles. The van der Waals surface area contributed by atoms with Crippen LogP contribution in [-0.4, -0.2) is 41.2 Å². The van der Waals surface area contributed by atoms with Gasteiger partial charge in [-0.1, -0.05) is 47.0 Å². The van der Waals surface area contributed by atoms with Crippen molar-refractivity contribution >= 4 is 39.3 Å². The van der Waals surface area contributed by atoms with Gasteiger partial charge in [0.25, 0.3) is 5.91 Å². The van der Waals surface area contributed by atoms with Gasteiger partial charge in [0, 0.05) is 21.8 Å². The van der Waals surface area contributed by atoms with Crippen LogP contribution < -0.4 is 10.6 Å². The molecule has 0 spiro atoms. The predicted molar refractivity (Wildman–Crippen MR) is 123 cm³/mol. The molecule has 1 aliphatic carbocycles. The fraction of sp³-hybridized carbons (Fsp3) is 0.375. The maximum absolute atomic E-state index is 13.3. The zero-order chi connectivity index (χ0) is 21.8. The van der Waals surface area contributed by atoms with Gasteiger partial charge >= 0.3 is 0 Å². The van der Waals surface area contributed by atoms with Gasteiger partial charge in [-0.3, -0.25) is 14.4 Å². The monoisotopic (exact) mass is 483 g/mol. The zero-order valence-electron chi connectivity index (χ0n) is 17.2. The van der Waals surface area contributed by atoms with E-state index >= 15 is 0 Å². The van der Waals surface area contributed by atoms with Crippen molar-refractivity contribution in [1.29, 1.82) is 0 Å².